The first-order chi connectivity index (χ1) is 15.1. The van der Waals surface area contributed by atoms with Gasteiger partial charge in [-0.05, 0) is 47.9 Å². The molecule has 1 heterocycles. The van der Waals surface area contributed by atoms with Crippen molar-refractivity contribution in [3.63, 3.8) is 0 Å². The highest BCUT2D eigenvalue weighted by Gasteiger charge is 2.16. The number of para-hydroxylation sites is 1. The minimum atomic E-state index is -0.443. The number of benzene rings is 3. The first kappa shape index (κ1) is 20.0. The van der Waals surface area contributed by atoms with E-state index < -0.39 is 5.91 Å². The molecule has 0 unspecified atom stereocenters. The summed E-state index contributed by atoms with van der Waals surface area (Å²) in [7, 11) is 1.56. The summed E-state index contributed by atoms with van der Waals surface area (Å²) in [4.78, 5) is 29.0. The number of amides is 2. The van der Waals surface area contributed by atoms with Gasteiger partial charge >= 0.3 is 0 Å². The molecule has 0 spiro atoms. The van der Waals surface area contributed by atoms with Crippen LogP contribution in [-0.2, 0) is 4.79 Å². The van der Waals surface area contributed by atoms with Crippen molar-refractivity contribution < 1.29 is 14.3 Å². The monoisotopic (exact) mass is 411 g/mol. The first-order valence-electron chi connectivity index (χ1n) is 9.73. The maximum Gasteiger partial charge on any atom is 0.272 e. The van der Waals surface area contributed by atoms with Gasteiger partial charge < -0.3 is 20.4 Å². The van der Waals surface area contributed by atoms with E-state index in [9.17, 15) is 9.59 Å². The molecule has 3 aromatic carbocycles. The fourth-order valence-corrected chi connectivity index (χ4v) is 3.21. The third kappa shape index (κ3) is 4.64. The number of hydrogen-bond donors (Lipinski definition) is 3. The minimum absolute atomic E-state index is 0.102. The van der Waals surface area contributed by atoms with Crippen LogP contribution in [0.25, 0.3) is 17.0 Å². The molecule has 0 saturated heterocycles. The number of fused-ring (bicyclic) bond motifs is 1. The van der Waals surface area contributed by atoms with Gasteiger partial charge in [0.25, 0.3) is 11.8 Å². The summed E-state index contributed by atoms with van der Waals surface area (Å²) in [5.74, 6) is -0.229. The zero-order valence-electron chi connectivity index (χ0n) is 16.9. The molecule has 6 heteroatoms. The summed E-state index contributed by atoms with van der Waals surface area (Å²) >= 11 is 0. The lowest BCUT2D eigenvalue weighted by Gasteiger charge is -2.12. The maximum absolute atomic E-state index is 13.1. The second kappa shape index (κ2) is 9.00. The SMILES string of the molecule is COc1ccccc1/C=C(/NC(=O)c1ccccc1)C(=O)Nc1ccc2cc[nH]c2c1. The average molecular weight is 411 g/mol. The van der Waals surface area contributed by atoms with E-state index in [1.807, 2.05) is 54.7 Å². The quantitative estimate of drug-likeness (QED) is 0.406. The van der Waals surface area contributed by atoms with Crippen LogP contribution in [0.1, 0.15) is 15.9 Å². The van der Waals surface area contributed by atoms with Gasteiger partial charge in [-0.2, -0.15) is 0 Å². The molecule has 0 radical (unpaired) electrons. The summed E-state index contributed by atoms with van der Waals surface area (Å²) < 4.78 is 5.38. The van der Waals surface area contributed by atoms with Crippen molar-refractivity contribution in [3.8, 4) is 5.75 Å². The third-order valence-electron chi connectivity index (χ3n) is 4.78. The molecule has 0 fully saturated rings. The molecule has 4 rings (SSSR count). The van der Waals surface area contributed by atoms with E-state index in [0.717, 1.165) is 10.9 Å². The summed E-state index contributed by atoms with van der Waals surface area (Å²) in [6, 6.07) is 23.5. The van der Waals surface area contributed by atoms with Gasteiger partial charge in [-0.3, -0.25) is 9.59 Å². The molecule has 0 saturated carbocycles. The lowest BCUT2D eigenvalue weighted by molar-refractivity contribution is -0.113. The molecule has 154 valence electrons. The van der Waals surface area contributed by atoms with Crippen LogP contribution in [0.3, 0.4) is 0 Å². The molecular weight excluding hydrogens is 390 g/mol. The number of anilines is 1. The number of carbonyl (C=O) groups excluding carboxylic acids is 2. The molecule has 31 heavy (non-hydrogen) atoms. The van der Waals surface area contributed by atoms with Gasteiger partial charge in [-0.1, -0.05) is 42.5 Å². The molecule has 4 aromatic rings. The molecule has 0 atom stereocenters. The Bertz CT molecular complexity index is 1260. The number of H-pyrrole nitrogens is 1. The van der Waals surface area contributed by atoms with Crippen molar-refractivity contribution in [1.82, 2.24) is 10.3 Å². The fourth-order valence-electron chi connectivity index (χ4n) is 3.21. The fraction of sp³-hybridized carbons (Fsp3) is 0.0400. The van der Waals surface area contributed by atoms with Crippen molar-refractivity contribution in [3.05, 3.63) is 102 Å². The molecule has 0 aliphatic rings. The lowest BCUT2D eigenvalue weighted by Crippen LogP contribution is -2.30. The largest absolute Gasteiger partial charge is 0.496 e. The Kier molecular flexibility index (Phi) is 5.80. The van der Waals surface area contributed by atoms with Gasteiger partial charge in [0.2, 0.25) is 0 Å². The second-order valence-electron chi connectivity index (χ2n) is 6.85. The van der Waals surface area contributed by atoms with Crippen LogP contribution in [0.5, 0.6) is 5.75 Å². The normalized spacial score (nSPS) is 11.2. The number of rotatable bonds is 6. The van der Waals surface area contributed by atoms with Crippen molar-refractivity contribution in [2.75, 3.05) is 12.4 Å². The molecule has 0 aliphatic heterocycles. The van der Waals surface area contributed by atoms with Crippen LogP contribution >= 0.6 is 0 Å². The summed E-state index contributed by atoms with van der Waals surface area (Å²) in [5, 5.41) is 6.63. The summed E-state index contributed by atoms with van der Waals surface area (Å²) in [5.41, 5.74) is 2.74. The Labute approximate surface area is 179 Å². The third-order valence-corrected chi connectivity index (χ3v) is 4.78. The summed E-state index contributed by atoms with van der Waals surface area (Å²) in [6.45, 7) is 0. The molecule has 3 N–H and O–H groups in total. The second-order valence-corrected chi connectivity index (χ2v) is 6.85. The Hall–Kier alpha value is -4.32. The van der Waals surface area contributed by atoms with Crippen molar-refractivity contribution in [1.29, 1.82) is 0 Å². The van der Waals surface area contributed by atoms with E-state index in [1.165, 1.54) is 0 Å². The van der Waals surface area contributed by atoms with E-state index in [4.69, 9.17) is 4.74 Å². The van der Waals surface area contributed by atoms with E-state index in [1.54, 1.807) is 43.5 Å². The van der Waals surface area contributed by atoms with Crippen LogP contribution in [0.2, 0.25) is 0 Å². The maximum atomic E-state index is 13.1. The molecule has 0 bridgehead atoms. The number of hydrogen-bond acceptors (Lipinski definition) is 3. The average Bonchev–Trinajstić information content (AvgIpc) is 3.27. The lowest BCUT2D eigenvalue weighted by atomic mass is 10.1. The standard InChI is InChI=1S/C25H21N3O3/c1-31-23-10-6-5-9-19(23)15-22(28-24(29)18-7-3-2-4-8-18)25(30)27-20-12-11-17-13-14-26-21(17)16-20/h2-16,26H,1H3,(H,27,30)(H,28,29)/b22-15+. The highest BCUT2D eigenvalue weighted by atomic mass is 16.5. The molecule has 1 aromatic heterocycles. The van der Waals surface area contributed by atoms with Crippen LogP contribution in [0.4, 0.5) is 5.69 Å². The number of nitrogens with one attached hydrogen (secondary N) is 3. The smallest absolute Gasteiger partial charge is 0.272 e. The topological polar surface area (TPSA) is 83.2 Å². The van der Waals surface area contributed by atoms with Crippen molar-refractivity contribution in [2.45, 2.75) is 0 Å². The number of ether oxygens (including phenoxy) is 1. The van der Waals surface area contributed by atoms with E-state index in [2.05, 4.69) is 15.6 Å². The minimum Gasteiger partial charge on any atom is -0.496 e. The van der Waals surface area contributed by atoms with Crippen LogP contribution in [0, 0.1) is 0 Å². The van der Waals surface area contributed by atoms with Gasteiger partial charge in [0.1, 0.15) is 11.4 Å². The van der Waals surface area contributed by atoms with E-state index in [-0.39, 0.29) is 11.6 Å². The number of carbonyl (C=O) groups is 2. The Balaban J connectivity index is 1.65. The van der Waals surface area contributed by atoms with Crippen LogP contribution in [-0.4, -0.2) is 23.9 Å². The van der Waals surface area contributed by atoms with Crippen molar-refractivity contribution in [2.24, 2.45) is 0 Å². The molecule has 0 aliphatic carbocycles. The Morgan fingerprint density at radius 2 is 1.71 bits per heavy atom. The first-order valence-corrected chi connectivity index (χ1v) is 9.73. The number of aromatic amines is 1. The van der Waals surface area contributed by atoms with Gasteiger partial charge in [0.15, 0.2) is 0 Å². The number of methoxy groups -OCH3 is 1. The molecular formula is C25H21N3O3. The number of aromatic nitrogens is 1. The van der Waals surface area contributed by atoms with Crippen LogP contribution in [0.15, 0.2) is 90.8 Å². The molecule has 6 nitrogen and oxygen atoms in total. The van der Waals surface area contributed by atoms with Gasteiger partial charge in [0, 0.05) is 28.5 Å². The van der Waals surface area contributed by atoms with Gasteiger partial charge in [0.05, 0.1) is 7.11 Å². The van der Waals surface area contributed by atoms with Crippen LogP contribution < -0.4 is 15.4 Å². The van der Waals surface area contributed by atoms with Gasteiger partial charge in [-0.25, -0.2) is 0 Å². The Morgan fingerprint density at radius 1 is 0.935 bits per heavy atom. The zero-order valence-corrected chi connectivity index (χ0v) is 16.9. The summed E-state index contributed by atoms with van der Waals surface area (Å²) in [6.07, 6.45) is 3.44. The van der Waals surface area contributed by atoms with Crippen molar-refractivity contribution >= 4 is 34.5 Å². The van der Waals surface area contributed by atoms with E-state index in [0.29, 0.717) is 22.6 Å². The zero-order chi connectivity index (χ0) is 21.6. The van der Waals surface area contributed by atoms with Gasteiger partial charge in [-0.15, -0.1) is 0 Å². The molecule has 2 amide bonds. The Morgan fingerprint density at radius 3 is 2.52 bits per heavy atom. The highest BCUT2D eigenvalue weighted by Crippen LogP contribution is 2.22. The highest BCUT2D eigenvalue weighted by molar-refractivity contribution is 6.11. The predicted molar refractivity (Wildman–Crippen MR) is 122 cm³/mol. The predicted octanol–water partition coefficient (Wildman–Crippen LogP) is 4.59. The van der Waals surface area contributed by atoms with E-state index >= 15 is 0 Å².